The first-order valence-corrected chi connectivity index (χ1v) is 3.74. The molecule has 1 saturated heterocycles. The third-order valence-electron chi connectivity index (χ3n) is 1.87. The number of hydrogen-bond acceptors (Lipinski definition) is 2. The second-order valence-electron chi connectivity index (χ2n) is 2.61. The molecular weight excluding hydrogens is 124 g/mol. The molecule has 0 aromatic carbocycles. The quantitative estimate of drug-likeness (QED) is 0.531. The van der Waals surface area contributed by atoms with E-state index < -0.39 is 0 Å². The summed E-state index contributed by atoms with van der Waals surface area (Å²) in [7, 11) is 0. The predicted octanol–water partition coefficient (Wildman–Crippen LogP) is 0.390. The van der Waals surface area contributed by atoms with Gasteiger partial charge in [-0.3, -0.25) is 4.90 Å². The third kappa shape index (κ3) is 1.73. The average Bonchev–Trinajstić information content (AvgIpc) is 2.31. The molecule has 0 radical (unpaired) electrons. The fourth-order valence-electron chi connectivity index (χ4n) is 1.23. The van der Waals surface area contributed by atoms with Crippen molar-refractivity contribution in [1.82, 2.24) is 4.90 Å². The fourth-order valence-corrected chi connectivity index (χ4v) is 1.23. The first kappa shape index (κ1) is 7.59. The lowest BCUT2D eigenvalue weighted by atomic mass is 10.3. The molecule has 0 aromatic rings. The first-order valence-electron chi connectivity index (χ1n) is 3.74. The highest BCUT2D eigenvalue weighted by Gasteiger charge is 2.18. The van der Waals surface area contributed by atoms with Crippen molar-refractivity contribution in [2.45, 2.75) is 25.9 Å². The Kier molecular flexibility index (Phi) is 2.73. The Morgan fingerprint density at radius 3 is 3.00 bits per heavy atom. The smallest absolute Gasteiger partial charge is 0.0615 e. The van der Waals surface area contributed by atoms with Gasteiger partial charge in [-0.2, -0.15) is 0 Å². The molecular formula is C8H14N2. The minimum absolute atomic E-state index is 0.265. The molecule has 2 N–H and O–H groups in total. The summed E-state index contributed by atoms with van der Waals surface area (Å²) >= 11 is 0. The van der Waals surface area contributed by atoms with Gasteiger partial charge in [0, 0.05) is 6.54 Å². The average molecular weight is 138 g/mol. The Balaban J connectivity index is 2.31. The molecule has 0 aliphatic carbocycles. The zero-order chi connectivity index (χ0) is 7.40. The summed E-state index contributed by atoms with van der Waals surface area (Å²) in [6.07, 6.45) is 2.62. The second-order valence-corrected chi connectivity index (χ2v) is 2.61. The SMILES string of the molecule is CC#CCN1CCC[C@H]1N. The number of hydrogen-bond donors (Lipinski definition) is 1. The Bertz CT molecular complexity index is 154. The highest BCUT2D eigenvalue weighted by Crippen LogP contribution is 2.10. The van der Waals surface area contributed by atoms with Gasteiger partial charge in [0.2, 0.25) is 0 Å². The first-order chi connectivity index (χ1) is 4.84. The van der Waals surface area contributed by atoms with E-state index >= 15 is 0 Å². The van der Waals surface area contributed by atoms with Crippen LogP contribution in [0, 0.1) is 11.8 Å². The van der Waals surface area contributed by atoms with Crippen LogP contribution in [0.3, 0.4) is 0 Å². The maximum Gasteiger partial charge on any atom is 0.0615 e. The summed E-state index contributed by atoms with van der Waals surface area (Å²) in [5.41, 5.74) is 5.78. The van der Waals surface area contributed by atoms with Crippen molar-refractivity contribution in [3.05, 3.63) is 0 Å². The van der Waals surface area contributed by atoms with Gasteiger partial charge in [-0.05, 0) is 19.8 Å². The molecule has 0 unspecified atom stereocenters. The van der Waals surface area contributed by atoms with E-state index in [0.29, 0.717) is 0 Å². The molecule has 2 nitrogen and oxygen atoms in total. The van der Waals surface area contributed by atoms with Crippen LogP contribution in [0.2, 0.25) is 0 Å². The number of nitrogens with zero attached hydrogens (tertiary/aromatic N) is 1. The molecule has 0 aromatic heterocycles. The van der Waals surface area contributed by atoms with Crippen molar-refractivity contribution in [3.63, 3.8) is 0 Å². The van der Waals surface area contributed by atoms with E-state index in [0.717, 1.165) is 19.5 Å². The predicted molar refractivity (Wildman–Crippen MR) is 42.2 cm³/mol. The molecule has 1 aliphatic rings. The number of nitrogens with two attached hydrogens (primary N) is 1. The highest BCUT2D eigenvalue weighted by molar-refractivity contribution is 4.99. The van der Waals surface area contributed by atoms with Crippen molar-refractivity contribution in [2.75, 3.05) is 13.1 Å². The van der Waals surface area contributed by atoms with Gasteiger partial charge >= 0.3 is 0 Å². The van der Waals surface area contributed by atoms with Crippen molar-refractivity contribution in [3.8, 4) is 11.8 Å². The van der Waals surface area contributed by atoms with Gasteiger partial charge in [0.25, 0.3) is 0 Å². The maximum absolute atomic E-state index is 5.78. The molecule has 0 amide bonds. The van der Waals surface area contributed by atoms with Crippen LogP contribution in [0.1, 0.15) is 19.8 Å². The van der Waals surface area contributed by atoms with Gasteiger partial charge in [-0.25, -0.2) is 0 Å². The fraction of sp³-hybridized carbons (Fsp3) is 0.750. The molecule has 10 heavy (non-hydrogen) atoms. The van der Waals surface area contributed by atoms with E-state index in [-0.39, 0.29) is 6.17 Å². The summed E-state index contributed by atoms with van der Waals surface area (Å²) in [6.45, 7) is 3.83. The molecule has 56 valence electrons. The van der Waals surface area contributed by atoms with Gasteiger partial charge in [0.1, 0.15) is 0 Å². The highest BCUT2D eigenvalue weighted by atomic mass is 15.2. The second kappa shape index (κ2) is 3.60. The summed E-state index contributed by atoms with van der Waals surface area (Å²) in [4.78, 5) is 2.22. The molecule has 1 heterocycles. The zero-order valence-electron chi connectivity index (χ0n) is 6.43. The van der Waals surface area contributed by atoms with Crippen LogP contribution in [0.5, 0.6) is 0 Å². The van der Waals surface area contributed by atoms with Gasteiger partial charge in [0.05, 0.1) is 12.7 Å². The summed E-state index contributed by atoms with van der Waals surface area (Å²) < 4.78 is 0. The summed E-state index contributed by atoms with van der Waals surface area (Å²) in [6, 6.07) is 0. The van der Waals surface area contributed by atoms with Gasteiger partial charge in [-0.1, -0.05) is 5.92 Å². The van der Waals surface area contributed by atoms with Gasteiger partial charge in [0.15, 0.2) is 0 Å². The van der Waals surface area contributed by atoms with Crippen LogP contribution in [0.4, 0.5) is 0 Å². The maximum atomic E-state index is 5.78. The van der Waals surface area contributed by atoms with Crippen molar-refractivity contribution >= 4 is 0 Å². The normalized spacial score (nSPS) is 26.0. The molecule has 0 spiro atoms. The Labute approximate surface area is 62.4 Å². The van der Waals surface area contributed by atoms with Crippen LogP contribution < -0.4 is 5.73 Å². The molecule has 1 atom stereocenters. The monoisotopic (exact) mass is 138 g/mol. The molecule has 0 saturated carbocycles. The van der Waals surface area contributed by atoms with Crippen LogP contribution in [-0.4, -0.2) is 24.2 Å². The standard InChI is InChI=1S/C8H14N2/c1-2-3-6-10-7-4-5-8(10)9/h8H,4-7,9H2,1H3/t8-/m0/s1. The minimum Gasteiger partial charge on any atom is -0.316 e. The van der Waals surface area contributed by atoms with Crippen LogP contribution in [0.25, 0.3) is 0 Å². The summed E-state index contributed by atoms with van der Waals surface area (Å²) in [5.74, 6) is 5.88. The molecule has 1 rings (SSSR count). The van der Waals surface area contributed by atoms with Gasteiger partial charge < -0.3 is 5.73 Å². The van der Waals surface area contributed by atoms with E-state index in [1.807, 2.05) is 6.92 Å². The van der Waals surface area contributed by atoms with Crippen molar-refractivity contribution < 1.29 is 0 Å². The van der Waals surface area contributed by atoms with Crippen LogP contribution in [-0.2, 0) is 0 Å². The Morgan fingerprint density at radius 1 is 1.70 bits per heavy atom. The molecule has 1 fully saturated rings. The van der Waals surface area contributed by atoms with E-state index in [9.17, 15) is 0 Å². The zero-order valence-corrected chi connectivity index (χ0v) is 6.43. The number of rotatable bonds is 1. The van der Waals surface area contributed by atoms with E-state index in [1.54, 1.807) is 0 Å². The molecule has 0 bridgehead atoms. The number of likely N-dealkylation sites (tertiary alicyclic amines) is 1. The van der Waals surface area contributed by atoms with E-state index in [4.69, 9.17) is 5.73 Å². The van der Waals surface area contributed by atoms with Crippen LogP contribution >= 0.6 is 0 Å². The molecule has 1 aliphatic heterocycles. The van der Waals surface area contributed by atoms with Crippen molar-refractivity contribution in [1.29, 1.82) is 0 Å². The van der Waals surface area contributed by atoms with E-state index in [1.165, 1.54) is 6.42 Å². The lowest BCUT2D eigenvalue weighted by Crippen LogP contribution is -2.36. The minimum atomic E-state index is 0.265. The largest absolute Gasteiger partial charge is 0.316 e. The van der Waals surface area contributed by atoms with Crippen LogP contribution in [0.15, 0.2) is 0 Å². The topological polar surface area (TPSA) is 29.3 Å². The Hall–Kier alpha value is -0.520. The lowest BCUT2D eigenvalue weighted by molar-refractivity contribution is 0.291. The third-order valence-corrected chi connectivity index (χ3v) is 1.87. The lowest BCUT2D eigenvalue weighted by Gasteiger charge is -2.16. The molecule has 2 heteroatoms. The Morgan fingerprint density at radius 2 is 2.50 bits per heavy atom. The van der Waals surface area contributed by atoms with E-state index in [2.05, 4.69) is 16.7 Å². The summed E-state index contributed by atoms with van der Waals surface area (Å²) in [5, 5.41) is 0. The van der Waals surface area contributed by atoms with Gasteiger partial charge in [-0.15, -0.1) is 5.92 Å². The van der Waals surface area contributed by atoms with Crippen molar-refractivity contribution in [2.24, 2.45) is 5.73 Å².